The van der Waals surface area contributed by atoms with Gasteiger partial charge in [0.2, 0.25) is 6.41 Å². The maximum absolute atomic E-state index is 16.9. The summed E-state index contributed by atoms with van der Waals surface area (Å²) in [6.45, 7) is 6.88. The molecule has 1 aliphatic carbocycles. The van der Waals surface area contributed by atoms with E-state index in [0.717, 1.165) is 70.7 Å². The number of aromatic hydroxyl groups is 1. The molecule has 3 fully saturated rings. The number of carbonyl (C=O) groups excluding carboxylic acids is 2. The van der Waals surface area contributed by atoms with Gasteiger partial charge >= 0.3 is 6.01 Å². The van der Waals surface area contributed by atoms with Crippen LogP contribution in [0.25, 0.3) is 32.9 Å². The van der Waals surface area contributed by atoms with E-state index < -0.39 is 11.6 Å². The predicted octanol–water partition coefficient (Wildman–Crippen LogP) is 6.42. The van der Waals surface area contributed by atoms with Crippen LogP contribution in [0.2, 0.25) is 0 Å². The number of nitrogens with zero attached hydrogens (tertiary/aromatic N) is 5. The normalized spacial score (nSPS) is 20.5. The fourth-order valence-electron chi connectivity index (χ4n) is 8.69. The van der Waals surface area contributed by atoms with Gasteiger partial charge in [-0.1, -0.05) is 31.8 Å². The van der Waals surface area contributed by atoms with E-state index >= 15 is 4.39 Å². The number of halogens is 2. The molecule has 4 heterocycles. The second-order valence-corrected chi connectivity index (χ2v) is 14.7. The van der Waals surface area contributed by atoms with E-state index in [0.29, 0.717) is 74.3 Å². The summed E-state index contributed by atoms with van der Waals surface area (Å²) in [7, 11) is 1.56. The van der Waals surface area contributed by atoms with Gasteiger partial charge in [-0.05, 0) is 81.1 Å². The van der Waals surface area contributed by atoms with Crippen LogP contribution in [0, 0.1) is 35.3 Å². The summed E-state index contributed by atoms with van der Waals surface area (Å²) in [6, 6.07) is 5.98. The van der Waals surface area contributed by atoms with E-state index in [1.54, 1.807) is 7.05 Å². The summed E-state index contributed by atoms with van der Waals surface area (Å²) >= 11 is 0. The van der Waals surface area contributed by atoms with Crippen molar-refractivity contribution in [2.45, 2.75) is 70.8 Å². The lowest BCUT2D eigenvalue weighted by atomic mass is 9.75. The number of amides is 1. The van der Waals surface area contributed by atoms with Crippen molar-refractivity contribution in [1.29, 1.82) is 0 Å². The van der Waals surface area contributed by atoms with Crippen LogP contribution in [0.3, 0.4) is 0 Å². The minimum absolute atomic E-state index is 0.0202. The molecular weight excluding hydrogens is 706 g/mol. The van der Waals surface area contributed by atoms with E-state index in [2.05, 4.69) is 37.9 Å². The molecule has 0 radical (unpaired) electrons. The number of carbonyl (C=O) groups is 2. The summed E-state index contributed by atoms with van der Waals surface area (Å²) < 4.78 is 44.1. The molecule has 55 heavy (non-hydrogen) atoms. The number of nitrogens with one attached hydrogen (secondary N) is 1. The molecule has 3 unspecified atom stereocenters. The molecule has 13 heteroatoms. The van der Waals surface area contributed by atoms with Crippen molar-refractivity contribution in [1.82, 2.24) is 25.2 Å². The van der Waals surface area contributed by atoms with Gasteiger partial charge in [-0.2, -0.15) is 9.97 Å². The zero-order valence-corrected chi connectivity index (χ0v) is 31.7. The van der Waals surface area contributed by atoms with Gasteiger partial charge in [0.1, 0.15) is 34.9 Å². The lowest BCUT2D eigenvalue weighted by molar-refractivity contribution is -0.109. The fraction of sp³-hybridized carbons (Fsp3) is 0.500. The molecule has 2 aliphatic heterocycles. The molecule has 292 valence electrons. The van der Waals surface area contributed by atoms with Crippen LogP contribution < -0.4 is 15.0 Å². The number of phenols is 1. The van der Waals surface area contributed by atoms with Gasteiger partial charge < -0.3 is 29.6 Å². The summed E-state index contributed by atoms with van der Waals surface area (Å²) in [5.74, 6) is 1.80. The molecule has 0 bridgehead atoms. The Hall–Kier alpha value is -4.93. The van der Waals surface area contributed by atoms with Gasteiger partial charge in [0, 0.05) is 61.8 Å². The Morgan fingerprint density at radius 3 is 2.73 bits per heavy atom. The number of ether oxygens (including phenoxy) is 2. The number of anilines is 1. The number of pyridine rings is 1. The Morgan fingerprint density at radius 1 is 1.15 bits per heavy atom. The van der Waals surface area contributed by atoms with Gasteiger partial charge in [0.25, 0.3) is 0 Å². The van der Waals surface area contributed by atoms with Crippen molar-refractivity contribution in [3.05, 3.63) is 47.7 Å². The van der Waals surface area contributed by atoms with Crippen LogP contribution in [-0.2, 0) is 14.3 Å². The summed E-state index contributed by atoms with van der Waals surface area (Å²) in [5.41, 5.74) is -0.0419. The number of rotatable bonds is 12. The summed E-state index contributed by atoms with van der Waals surface area (Å²) in [5, 5.41) is 14.0. The molecule has 0 spiro atoms. The Kier molecular flexibility index (Phi) is 13.1. The molecule has 11 nitrogen and oxygen atoms in total. The summed E-state index contributed by atoms with van der Waals surface area (Å²) in [4.78, 5) is 39.0. The lowest BCUT2D eigenvalue weighted by Gasteiger charge is -2.46. The Bertz CT molecular complexity index is 2030. The maximum atomic E-state index is 16.9. The molecule has 2 aromatic heterocycles. The first kappa shape index (κ1) is 39.8. The minimum Gasteiger partial charge on any atom is -0.508 e. The van der Waals surface area contributed by atoms with Crippen LogP contribution >= 0.6 is 0 Å². The lowest BCUT2D eigenvalue weighted by Crippen LogP contribution is -2.52. The number of hydrogen-bond acceptors (Lipinski definition) is 10. The third kappa shape index (κ3) is 8.50. The quantitative estimate of drug-likeness (QED) is 0.124. The van der Waals surface area contributed by atoms with Crippen molar-refractivity contribution in [2.75, 3.05) is 57.9 Å². The Labute approximate surface area is 320 Å². The highest BCUT2D eigenvalue weighted by atomic mass is 19.1. The second kappa shape index (κ2) is 18.1. The highest BCUT2D eigenvalue weighted by Crippen LogP contribution is 2.48. The van der Waals surface area contributed by atoms with Gasteiger partial charge in [-0.15, -0.1) is 6.42 Å². The molecule has 2 aromatic carbocycles. The zero-order chi connectivity index (χ0) is 39.0. The summed E-state index contributed by atoms with van der Waals surface area (Å²) in [6.07, 6.45) is 17.6. The van der Waals surface area contributed by atoms with E-state index in [1.807, 2.05) is 0 Å². The molecule has 7 rings (SSSR count). The van der Waals surface area contributed by atoms with Crippen LogP contribution in [0.1, 0.15) is 70.3 Å². The first-order valence-corrected chi connectivity index (χ1v) is 19.3. The molecule has 4 aromatic rings. The standard InChI is InChI=1S/C40H45F2N5O4.C2H5NO/c1-3-26(12-19-48)11-17-46-15-6-14-40(13-5-8-33(40)46)25-51-39-44-37-31(38(45-39)47-16-7-20-50-21-18-47)24-43-36(35(37)42)30-23-28(49)22-27-9-10-32(41)29(4-2)34(27)30;1-3-2-4/h2,9-10,19,22-24,26,33,49H,3,5-8,11-18,20-21,25H2,1H3;2H,1H3,(H,3,4). The van der Waals surface area contributed by atoms with Crippen molar-refractivity contribution in [3.63, 3.8) is 0 Å². The highest BCUT2D eigenvalue weighted by Gasteiger charge is 2.48. The van der Waals surface area contributed by atoms with Crippen LogP contribution in [0.4, 0.5) is 14.6 Å². The van der Waals surface area contributed by atoms with Gasteiger partial charge in [-0.25, -0.2) is 8.78 Å². The van der Waals surface area contributed by atoms with Gasteiger partial charge in [0.15, 0.2) is 5.82 Å². The minimum atomic E-state index is -0.743. The fourth-order valence-corrected chi connectivity index (χ4v) is 8.69. The van der Waals surface area contributed by atoms with E-state index in [-0.39, 0.29) is 44.9 Å². The molecule has 3 atom stereocenters. The topological polar surface area (TPSA) is 130 Å². The van der Waals surface area contributed by atoms with Crippen LogP contribution in [0.5, 0.6) is 11.8 Å². The number of benzene rings is 2. The smallest absolute Gasteiger partial charge is 0.319 e. The number of piperidine rings is 1. The molecule has 1 saturated carbocycles. The third-order valence-corrected chi connectivity index (χ3v) is 11.5. The number of hydrogen-bond donors (Lipinski definition) is 2. The average molecular weight is 757 g/mol. The second-order valence-electron chi connectivity index (χ2n) is 14.7. The van der Waals surface area contributed by atoms with Crippen LogP contribution in [0.15, 0.2) is 30.5 Å². The molecule has 2 saturated heterocycles. The Balaban J connectivity index is 0.00000123. The van der Waals surface area contributed by atoms with Crippen LogP contribution in [-0.4, -0.2) is 96.7 Å². The Morgan fingerprint density at radius 2 is 1.96 bits per heavy atom. The first-order chi connectivity index (χ1) is 26.8. The number of terminal acetylenes is 1. The van der Waals surface area contributed by atoms with Crippen molar-refractivity contribution < 1.29 is 33.0 Å². The predicted molar refractivity (Wildman–Crippen MR) is 208 cm³/mol. The maximum Gasteiger partial charge on any atom is 0.319 e. The molecule has 3 aliphatic rings. The number of phenolic OH excluding ortho intramolecular Hbond substituents is 1. The zero-order valence-electron chi connectivity index (χ0n) is 31.7. The van der Waals surface area contributed by atoms with Crippen molar-refractivity contribution in [3.8, 4) is 35.4 Å². The van der Waals surface area contributed by atoms with E-state index in [1.165, 1.54) is 30.5 Å². The first-order valence-electron chi connectivity index (χ1n) is 19.3. The monoisotopic (exact) mass is 756 g/mol. The SMILES string of the molecule is C#Cc1c(F)ccc2cc(O)cc(-c3ncc4c(N5CCCOCC5)nc(OCC56CCCC5N(CCC(CC)CC=O)CCC6)nc4c3F)c12.CNC=O. The molecule has 1 amide bonds. The van der Waals surface area contributed by atoms with E-state index in [4.69, 9.17) is 25.7 Å². The third-order valence-electron chi connectivity index (χ3n) is 11.5. The molecule has 2 N–H and O–H groups in total. The van der Waals surface area contributed by atoms with Crippen molar-refractivity contribution in [2.24, 2.45) is 11.3 Å². The van der Waals surface area contributed by atoms with Gasteiger partial charge in [-0.3, -0.25) is 14.7 Å². The number of aldehydes is 1. The number of likely N-dealkylation sites (tertiary alicyclic amines) is 1. The average Bonchev–Trinajstić information content (AvgIpc) is 3.45. The highest BCUT2D eigenvalue weighted by molar-refractivity contribution is 6.03. The number of aromatic nitrogens is 3. The molecular formula is C42H50F2N6O5. The van der Waals surface area contributed by atoms with E-state index in [9.17, 15) is 14.3 Å². The van der Waals surface area contributed by atoms with Gasteiger partial charge in [0.05, 0.1) is 24.2 Å². The van der Waals surface area contributed by atoms with Crippen molar-refractivity contribution >= 4 is 40.2 Å². The largest absolute Gasteiger partial charge is 0.508 e. The number of fused-ring (bicyclic) bond motifs is 3.